The Bertz CT molecular complexity index is 925. The van der Waals surface area contributed by atoms with Crippen LogP contribution in [0.15, 0.2) is 45.9 Å². The van der Waals surface area contributed by atoms with E-state index >= 15 is 0 Å². The Morgan fingerprint density at radius 1 is 1.30 bits per heavy atom. The number of ether oxygens (including phenoxy) is 2. The Kier molecular flexibility index (Phi) is 6.32. The van der Waals surface area contributed by atoms with Crippen LogP contribution in [-0.4, -0.2) is 40.2 Å². The van der Waals surface area contributed by atoms with Crippen LogP contribution in [0.2, 0.25) is 0 Å². The molecule has 3 rings (SSSR count). The van der Waals surface area contributed by atoms with Crippen LogP contribution in [0.1, 0.15) is 5.01 Å². The third kappa shape index (κ3) is 5.22. The number of benzene rings is 1. The van der Waals surface area contributed by atoms with Crippen LogP contribution >= 0.6 is 23.1 Å². The van der Waals surface area contributed by atoms with Crippen LogP contribution in [0, 0.1) is 0 Å². The van der Waals surface area contributed by atoms with Crippen molar-refractivity contribution in [3.05, 3.63) is 41.8 Å². The number of carboxylic acid groups (broad SMARTS) is 1. The van der Waals surface area contributed by atoms with Crippen molar-refractivity contribution in [3.8, 4) is 16.9 Å². The molecule has 0 saturated carbocycles. The summed E-state index contributed by atoms with van der Waals surface area (Å²) in [6.07, 6.45) is 4.37. The Morgan fingerprint density at radius 3 is 2.89 bits per heavy atom. The summed E-state index contributed by atoms with van der Waals surface area (Å²) in [4.78, 5) is 15.8. The van der Waals surface area contributed by atoms with Gasteiger partial charge in [-0.25, -0.2) is 14.5 Å². The molecule has 0 saturated heterocycles. The fraction of sp³-hybridized carbons (Fsp3) is 0.235. The molecule has 1 amide bonds. The number of methoxy groups -OCH3 is 2. The van der Waals surface area contributed by atoms with Gasteiger partial charge in [-0.2, -0.15) is 5.10 Å². The van der Waals surface area contributed by atoms with E-state index in [-0.39, 0.29) is 6.54 Å². The van der Waals surface area contributed by atoms with Gasteiger partial charge < -0.3 is 19.9 Å². The zero-order valence-corrected chi connectivity index (χ0v) is 16.3. The summed E-state index contributed by atoms with van der Waals surface area (Å²) in [5.41, 5.74) is 1.94. The smallest absolute Gasteiger partial charge is 0.405 e. The fourth-order valence-electron chi connectivity index (χ4n) is 2.32. The Labute approximate surface area is 164 Å². The zero-order chi connectivity index (χ0) is 19.2. The van der Waals surface area contributed by atoms with Crippen molar-refractivity contribution in [1.82, 2.24) is 20.1 Å². The number of aromatic nitrogens is 3. The predicted molar refractivity (Wildman–Crippen MR) is 102 cm³/mol. The van der Waals surface area contributed by atoms with Gasteiger partial charge in [0.1, 0.15) is 17.5 Å². The van der Waals surface area contributed by atoms with Gasteiger partial charge >= 0.3 is 6.09 Å². The van der Waals surface area contributed by atoms with Gasteiger partial charge in [-0.1, -0.05) is 11.8 Å². The maximum absolute atomic E-state index is 10.6. The minimum Gasteiger partial charge on any atom is -0.497 e. The fourth-order valence-corrected chi connectivity index (χ4v) is 4.35. The number of amides is 1. The van der Waals surface area contributed by atoms with Crippen LogP contribution in [0.5, 0.6) is 5.75 Å². The van der Waals surface area contributed by atoms with Gasteiger partial charge in [0, 0.05) is 23.8 Å². The maximum atomic E-state index is 10.6. The molecule has 0 aliphatic heterocycles. The molecule has 0 bridgehead atoms. The molecule has 0 unspecified atom stereocenters. The van der Waals surface area contributed by atoms with Crippen molar-refractivity contribution in [2.24, 2.45) is 0 Å². The zero-order valence-electron chi connectivity index (χ0n) is 14.7. The lowest BCUT2D eigenvalue weighted by atomic mass is 10.1. The van der Waals surface area contributed by atoms with Crippen LogP contribution in [0.25, 0.3) is 11.1 Å². The number of nitrogens with zero attached hydrogens (tertiary/aromatic N) is 3. The largest absolute Gasteiger partial charge is 0.497 e. The summed E-state index contributed by atoms with van der Waals surface area (Å²) >= 11 is 2.99. The third-order valence-electron chi connectivity index (χ3n) is 3.49. The molecule has 2 aromatic heterocycles. The maximum Gasteiger partial charge on any atom is 0.405 e. The second-order valence-electron chi connectivity index (χ2n) is 5.42. The molecular weight excluding hydrogens is 388 g/mol. The molecule has 8 nitrogen and oxygen atoms in total. The van der Waals surface area contributed by atoms with Crippen molar-refractivity contribution in [2.75, 3.05) is 14.2 Å². The monoisotopic (exact) mass is 406 g/mol. The Morgan fingerprint density at radius 2 is 2.15 bits per heavy atom. The summed E-state index contributed by atoms with van der Waals surface area (Å²) in [7, 11) is 3.25. The van der Waals surface area contributed by atoms with Gasteiger partial charge in [0.2, 0.25) is 0 Å². The molecule has 0 fully saturated rings. The van der Waals surface area contributed by atoms with Crippen LogP contribution < -0.4 is 10.1 Å². The van der Waals surface area contributed by atoms with E-state index in [1.807, 2.05) is 18.3 Å². The van der Waals surface area contributed by atoms with Gasteiger partial charge in [-0.15, -0.1) is 11.3 Å². The molecule has 3 aromatic rings. The topological polar surface area (TPSA) is 98.5 Å². The van der Waals surface area contributed by atoms with Crippen molar-refractivity contribution >= 4 is 29.2 Å². The number of hydrogen-bond acceptors (Lipinski definition) is 7. The first-order valence-corrected chi connectivity index (χ1v) is 9.51. The second-order valence-corrected chi connectivity index (χ2v) is 7.91. The Balaban J connectivity index is 1.79. The molecule has 2 heterocycles. The number of thiazole rings is 1. The van der Waals surface area contributed by atoms with Crippen LogP contribution in [0.3, 0.4) is 0 Å². The molecule has 0 aliphatic carbocycles. The average Bonchev–Trinajstić information content (AvgIpc) is 3.29. The normalized spacial score (nSPS) is 10.7. The first-order chi connectivity index (χ1) is 13.1. The van der Waals surface area contributed by atoms with E-state index in [9.17, 15) is 4.79 Å². The minimum atomic E-state index is -1.06. The standard InChI is InChI=1S/C17H18N4O4S2/c1-24-10-21-9-12(6-20-21)11-3-13(25-2)5-14(4-11)26-16-8-18-15(27-16)7-19-17(22)23/h3-6,8-9,19H,7,10H2,1-2H3,(H,22,23). The van der Waals surface area contributed by atoms with Crippen LogP contribution in [-0.2, 0) is 18.0 Å². The van der Waals surface area contributed by atoms with Crippen molar-refractivity contribution in [1.29, 1.82) is 0 Å². The summed E-state index contributed by atoms with van der Waals surface area (Å²) < 4.78 is 13.2. The highest BCUT2D eigenvalue weighted by Crippen LogP contribution is 2.37. The summed E-state index contributed by atoms with van der Waals surface area (Å²) in [5, 5.41) is 16.0. The lowest BCUT2D eigenvalue weighted by Crippen LogP contribution is -2.19. The van der Waals surface area contributed by atoms with Crippen molar-refractivity contribution in [3.63, 3.8) is 0 Å². The van der Waals surface area contributed by atoms with Crippen LogP contribution in [0.4, 0.5) is 4.79 Å². The molecule has 0 atom stereocenters. The Hall–Kier alpha value is -2.56. The van der Waals surface area contributed by atoms with E-state index in [2.05, 4.69) is 21.5 Å². The van der Waals surface area contributed by atoms with Gasteiger partial charge in [0.25, 0.3) is 0 Å². The number of rotatable bonds is 8. The van der Waals surface area contributed by atoms with Gasteiger partial charge in [-0.3, -0.25) is 0 Å². The molecular formula is C17H18N4O4S2. The molecule has 0 radical (unpaired) electrons. The van der Waals surface area contributed by atoms with E-state index in [0.29, 0.717) is 11.7 Å². The predicted octanol–water partition coefficient (Wildman–Crippen LogP) is 3.54. The molecule has 27 heavy (non-hydrogen) atoms. The van der Waals surface area contributed by atoms with Crippen molar-refractivity contribution < 1.29 is 19.4 Å². The summed E-state index contributed by atoms with van der Waals surface area (Å²) in [5.74, 6) is 0.742. The SMILES string of the molecule is COCn1cc(-c2cc(OC)cc(Sc3cnc(CNC(=O)O)s3)c2)cn1. The second kappa shape index (κ2) is 8.89. The summed E-state index contributed by atoms with van der Waals surface area (Å²) in [6, 6.07) is 5.95. The number of nitrogens with one attached hydrogen (secondary N) is 1. The van der Waals surface area contributed by atoms with E-state index in [0.717, 1.165) is 26.0 Å². The molecule has 1 aromatic carbocycles. The van der Waals surface area contributed by atoms with E-state index < -0.39 is 6.09 Å². The van der Waals surface area contributed by atoms with E-state index in [1.54, 1.807) is 43.1 Å². The highest BCUT2D eigenvalue weighted by atomic mass is 32.2. The molecule has 10 heteroatoms. The minimum absolute atomic E-state index is 0.197. The highest BCUT2D eigenvalue weighted by Gasteiger charge is 2.10. The van der Waals surface area contributed by atoms with Gasteiger partial charge in [-0.05, 0) is 23.8 Å². The van der Waals surface area contributed by atoms with Crippen molar-refractivity contribution in [2.45, 2.75) is 22.4 Å². The molecule has 0 spiro atoms. The van der Waals surface area contributed by atoms with Gasteiger partial charge in [0.05, 0.1) is 30.3 Å². The van der Waals surface area contributed by atoms with E-state index in [1.165, 1.54) is 11.3 Å². The molecule has 142 valence electrons. The number of carbonyl (C=O) groups is 1. The lowest BCUT2D eigenvalue weighted by molar-refractivity contribution is 0.120. The van der Waals surface area contributed by atoms with E-state index in [4.69, 9.17) is 14.6 Å². The quantitative estimate of drug-likeness (QED) is 0.590. The first-order valence-electron chi connectivity index (χ1n) is 7.87. The highest BCUT2D eigenvalue weighted by molar-refractivity contribution is 8.01. The summed E-state index contributed by atoms with van der Waals surface area (Å²) in [6.45, 7) is 0.586. The average molecular weight is 406 g/mol. The lowest BCUT2D eigenvalue weighted by Gasteiger charge is -2.07. The molecule has 0 aliphatic rings. The first kappa shape index (κ1) is 19.2. The number of hydrogen-bond donors (Lipinski definition) is 2. The van der Waals surface area contributed by atoms with Gasteiger partial charge in [0.15, 0.2) is 0 Å². The third-order valence-corrected chi connectivity index (χ3v) is 5.56. The molecule has 2 N–H and O–H groups in total.